The van der Waals surface area contributed by atoms with Crippen molar-refractivity contribution in [1.29, 1.82) is 0 Å². The number of rotatable bonds is 8. The van der Waals surface area contributed by atoms with E-state index in [0.717, 1.165) is 19.3 Å². The fourth-order valence-corrected chi connectivity index (χ4v) is 13.5. The molecule has 0 radical (unpaired) electrons. The van der Waals surface area contributed by atoms with E-state index in [0.29, 0.717) is 32.1 Å². The zero-order valence-electron chi connectivity index (χ0n) is 34.3. The van der Waals surface area contributed by atoms with Gasteiger partial charge in [-0.2, -0.15) is 0 Å². The molecule has 4 saturated carbocycles. The largest absolute Gasteiger partial charge is 0.481 e. The average molecular weight is 825 g/mol. The average Bonchev–Trinajstić information content (AvgIpc) is 3.16. The molecule has 20 atom stereocenters. The van der Waals surface area contributed by atoms with Crippen molar-refractivity contribution in [2.45, 2.75) is 167 Å². The normalized spacial score (nSPS) is 54.3. The highest BCUT2D eigenvalue weighted by atomic mass is 16.8. The van der Waals surface area contributed by atoms with Crippen molar-refractivity contribution in [3.63, 3.8) is 0 Å². The molecule has 0 amide bonds. The van der Waals surface area contributed by atoms with Crippen molar-refractivity contribution >= 4 is 17.7 Å². The molecule has 2 saturated heterocycles. The predicted molar refractivity (Wildman–Crippen MR) is 200 cm³/mol. The summed E-state index contributed by atoms with van der Waals surface area (Å²) in [5.74, 6) is -2.64. The molecule has 16 heteroatoms. The Hall–Kier alpha value is -2.09. The van der Waals surface area contributed by atoms with Crippen molar-refractivity contribution in [2.24, 2.45) is 50.2 Å². The molecule has 2 aliphatic heterocycles. The summed E-state index contributed by atoms with van der Waals surface area (Å²) in [7, 11) is 0. The van der Waals surface area contributed by atoms with Crippen molar-refractivity contribution in [2.75, 3.05) is 13.2 Å². The second-order valence-electron chi connectivity index (χ2n) is 20.3. The van der Waals surface area contributed by atoms with E-state index in [9.17, 15) is 60.3 Å². The van der Waals surface area contributed by atoms with Gasteiger partial charge in [-0.05, 0) is 92.3 Å². The third-order valence-electron chi connectivity index (χ3n) is 17.5. The van der Waals surface area contributed by atoms with Crippen LogP contribution in [0.15, 0.2) is 11.6 Å². The molecular formula is C42H64O16. The van der Waals surface area contributed by atoms with Crippen LogP contribution in [0, 0.1) is 50.2 Å². The van der Waals surface area contributed by atoms with Gasteiger partial charge in [-0.3, -0.25) is 9.59 Å². The molecule has 328 valence electrons. The molecule has 0 bridgehead atoms. The number of ketones is 1. The van der Waals surface area contributed by atoms with Gasteiger partial charge in [-0.15, -0.1) is 0 Å². The third-order valence-corrected chi connectivity index (χ3v) is 17.5. The molecule has 58 heavy (non-hydrogen) atoms. The smallest absolute Gasteiger partial charge is 0.335 e. The lowest BCUT2D eigenvalue weighted by atomic mass is 9.33. The van der Waals surface area contributed by atoms with Gasteiger partial charge in [0.25, 0.3) is 0 Å². The summed E-state index contributed by atoms with van der Waals surface area (Å²) in [5.41, 5.74) is -2.33. The highest BCUT2D eigenvalue weighted by Gasteiger charge is 2.70. The van der Waals surface area contributed by atoms with Crippen LogP contribution in [0.5, 0.6) is 0 Å². The van der Waals surface area contributed by atoms with Crippen LogP contribution in [-0.2, 0) is 33.3 Å². The number of Topliss-reactive ketones (excluding diaryl/α,β-unsaturated/α-hetero) is 1. The number of carbonyl (C=O) groups is 3. The Morgan fingerprint density at radius 2 is 1.48 bits per heavy atom. The first-order chi connectivity index (χ1) is 27.0. The van der Waals surface area contributed by atoms with Crippen molar-refractivity contribution < 1.29 is 79.3 Å². The minimum atomic E-state index is -2.00. The molecule has 0 aromatic heterocycles. The molecule has 16 nitrogen and oxygen atoms in total. The number of aliphatic carboxylic acids is 2. The van der Waals surface area contributed by atoms with Gasteiger partial charge in [0.15, 0.2) is 18.7 Å². The van der Waals surface area contributed by atoms with Crippen molar-refractivity contribution in [1.82, 2.24) is 0 Å². The number of aliphatic hydroxyl groups is 7. The molecule has 0 aromatic rings. The number of hydrogen-bond donors (Lipinski definition) is 9. The fraction of sp³-hybridized carbons (Fsp3) is 0.881. The molecule has 0 aromatic carbocycles. The zero-order valence-corrected chi connectivity index (χ0v) is 34.3. The first-order valence-corrected chi connectivity index (χ1v) is 20.9. The van der Waals surface area contributed by atoms with Crippen LogP contribution in [0.1, 0.15) is 99.3 Å². The van der Waals surface area contributed by atoms with Gasteiger partial charge in [0.1, 0.15) is 48.5 Å². The fourth-order valence-electron chi connectivity index (χ4n) is 13.5. The Labute approximate surface area is 338 Å². The minimum Gasteiger partial charge on any atom is -0.481 e. The van der Waals surface area contributed by atoms with Gasteiger partial charge in [0.2, 0.25) is 0 Å². The van der Waals surface area contributed by atoms with Crippen LogP contribution in [-0.4, -0.2) is 144 Å². The van der Waals surface area contributed by atoms with Crippen LogP contribution in [0.4, 0.5) is 0 Å². The number of carboxylic acid groups (broad SMARTS) is 2. The highest BCUT2D eigenvalue weighted by molar-refractivity contribution is 5.92. The summed E-state index contributed by atoms with van der Waals surface area (Å²) in [6.45, 7) is 11.5. The molecule has 7 aliphatic rings. The topological polar surface area (TPSA) is 270 Å². The van der Waals surface area contributed by atoms with Gasteiger partial charge in [0, 0.05) is 17.3 Å². The Morgan fingerprint density at radius 3 is 2.10 bits per heavy atom. The van der Waals surface area contributed by atoms with Crippen LogP contribution >= 0.6 is 0 Å². The summed E-state index contributed by atoms with van der Waals surface area (Å²) >= 11 is 0. The molecule has 0 spiro atoms. The third kappa shape index (κ3) is 6.21. The monoisotopic (exact) mass is 824 g/mol. The maximum absolute atomic E-state index is 13.8. The second kappa shape index (κ2) is 14.8. The first-order valence-electron chi connectivity index (χ1n) is 20.9. The van der Waals surface area contributed by atoms with E-state index < -0.39 is 102 Å². The van der Waals surface area contributed by atoms with E-state index >= 15 is 0 Å². The number of carboxylic acids is 2. The lowest BCUT2D eigenvalue weighted by molar-refractivity contribution is -0.375. The highest BCUT2D eigenvalue weighted by Crippen LogP contribution is 2.75. The van der Waals surface area contributed by atoms with Crippen LogP contribution in [0.2, 0.25) is 0 Å². The van der Waals surface area contributed by atoms with Crippen LogP contribution < -0.4 is 0 Å². The lowest BCUT2D eigenvalue weighted by Crippen LogP contribution is -2.68. The van der Waals surface area contributed by atoms with Crippen LogP contribution in [0.25, 0.3) is 0 Å². The molecule has 5 aliphatic carbocycles. The summed E-state index contributed by atoms with van der Waals surface area (Å²) < 4.78 is 23.7. The maximum Gasteiger partial charge on any atom is 0.335 e. The molecule has 0 unspecified atom stereocenters. The minimum absolute atomic E-state index is 0.0241. The molecule has 2 heterocycles. The Morgan fingerprint density at radius 1 is 0.793 bits per heavy atom. The molecule has 6 fully saturated rings. The number of hydrogen-bond acceptors (Lipinski definition) is 14. The number of aliphatic hydroxyl groups excluding tert-OH is 7. The van der Waals surface area contributed by atoms with E-state index in [1.165, 1.54) is 5.57 Å². The van der Waals surface area contributed by atoms with Gasteiger partial charge < -0.3 is 64.9 Å². The Bertz CT molecular complexity index is 1670. The number of ether oxygens (including phenoxy) is 4. The number of allylic oxidation sites excluding steroid dienone is 2. The maximum atomic E-state index is 13.8. The predicted octanol–water partition coefficient (Wildman–Crippen LogP) is 1.13. The lowest BCUT2D eigenvalue weighted by Gasteiger charge is -2.71. The zero-order chi connectivity index (χ0) is 42.7. The SMILES string of the molecule is C[C@@]1(C(=O)O)CC(=O)[C@]2(C)CC[C@]3(C)C(=CC[C@@H]4[C@@]5(C)CC[C@H](O[C@@H]6O[C@H](C(=O)O)[C@@H](O)[C@H](O)[C@H]6O[C@@H]6O[C@H](CO)[C@H](O)[C@H](O)[C@H]6O)[C@](C)(CO)[C@@H]5CC[C@]43C)[C@@H]2C1. The van der Waals surface area contributed by atoms with Gasteiger partial charge >= 0.3 is 11.9 Å². The van der Waals surface area contributed by atoms with E-state index in [2.05, 4.69) is 26.8 Å². The van der Waals surface area contributed by atoms with Crippen molar-refractivity contribution in [3.05, 3.63) is 11.6 Å². The van der Waals surface area contributed by atoms with Gasteiger partial charge in [-0.1, -0.05) is 46.3 Å². The van der Waals surface area contributed by atoms with E-state index in [1.807, 2.05) is 13.8 Å². The summed E-state index contributed by atoms with van der Waals surface area (Å²) in [4.78, 5) is 38.5. The summed E-state index contributed by atoms with van der Waals surface area (Å²) in [6, 6.07) is 0. The van der Waals surface area contributed by atoms with Crippen molar-refractivity contribution in [3.8, 4) is 0 Å². The molecule has 7 rings (SSSR count). The summed E-state index contributed by atoms with van der Waals surface area (Å²) in [5, 5.41) is 94.7. The standard InChI is InChI=1S/C42H64O16/c1-37(36(53)54)15-20-19-7-8-23-39(3)11-10-25(40(4,18-44)22(39)9-12-42(23,6)41(19,5)14-13-38(20,2)24(45)16-37)56-35-32(29(49)28(48)31(57-35)33(51)52)58-34-30(50)27(47)26(46)21(17-43)55-34/h7,20-23,25-32,34-35,43-44,46-50H,8-18H2,1-6H3,(H,51,52)(H,53,54)/t20-,21+,22+,23+,25-,26-,27-,28-,29-,30+,31-,32+,34-,35+,37-,38+,39-,40+,41+,42+/m0/s1. The quantitative estimate of drug-likeness (QED) is 0.123. The molecule has 9 N–H and O–H groups in total. The first kappa shape index (κ1) is 44.0. The number of fused-ring (bicyclic) bond motifs is 7. The summed E-state index contributed by atoms with van der Waals surface area (Å²) in [6.07, 6.45) is -11.1. The Kier molecular flexibility index (Phi) is 11.2. The van der Waals surface area contributed by atoms with Gasteiger partial charge in [-0.25, -0.2) is 4.79 Å². The molecular weight excluding hydrogens is 760 g/mol. The van der Waals surface area contributed by atoms with E-state index in [-0.39, 0.29) is 52.8 Å². The van der Waals surface area contributed by atoms with Crippen LogP contribution in [0.3, 0.4) is 0 Å². The van der Waals surface area contributed by atoms with E-state index in [1.54, 1.807) is 6.92 Å². The second-order valence-corrected chi connectivity index (χ2v) is 20.3. The van der Waals surface area contributed by atoms with Gasteiger partial charge in [0.05, 0.1) is 24.7 Å². The Balaban J connectivity index is 1.18. The van der Waals surface area contributed by atoms with E-state index in [4.69, 9.17) is 18.9 Å². The number of carbonyl (C=O) groups excluding carboxylic acids is 1.